The Kier molecular flexibility index (Phi) is 7.91. The molecular formula is C23H23BrN2O4. The molecule has 0 aliphatic rings. The number of benzene rings is 2. The zero-order chi connectivity index (χ0) is 21.3. The molecule has 156 valence electrons. The van der Waals surface area contributed by atoms with E-state index in [9.17, 15) is 0 Å². The molecule has 3 aromatic rings. The lowest BCUT2D eigenvalue weighted by molar-refractivity contribution is 0.132. The molecule has 0 fully saturated rings. The van der Waals surface area contributed by atoms with Crippen molar-refractivity contribution in [1.82, 2.24) is 4.98 Å². The maximum absolute atomic E-state index is 5.90. The Bertz CT molecular complexity index is 1050. The lowest BCUT2D eigenvalue weighted by Gasteiger charge is -2.16. The van der Waals surface area contributed by atoms with Crippen LogP contribution in [-0.4, -0.2) is 45.6 Å². The quantitative estimate of drug-likeness (QED) is 0.261. The van der Waals surface area contributed by atoms with Crippen LogP contribution in [-0.2, 0) is 9.47 Å². The number of methoxy groups -OCH3 is 2. The standard InChI is InChI=1S/C23H23BrN2O4/c1-4-16-6-5-7-17(12-16)25-20-15-23(24)26-19-14-22(30-11-9-28-3)21(13-18(19)20)29-10-8-27-2/h1,5-7,12-15H,8-11H2,2-3H3,(H,25,26). The summed E-state index contributed by atoms with van der Waals surface area (Å²) in [5.41, 5.74) is 3.30. The van der Waals surface area contributed by atoms with Crippen molar-refractivity contribution in [1.29, 1.82) is 0 Å². The summed E-state index contributed by atoms with van der Waals surface area (Å²) >= 11 is 3.49. The SMILES string of the molecule is C#Cc1cccc(Nc2cc(Br)nc3cc(OCCOC)c(OCCOC)cc23)c1. The summed E-state index contributed by atoms with van der Waals surface area (Å²) in [5, 5.41) is 4.31. The summed E-state index contributed by atoms with van der Waals surface area (Å²) in [6.45, 7) is 1.75. The van der Waals surface area contributed by atoms with Gasteiger partial charge in [0.25, 0.3) is 0 Å². The third-order valence-electron chi connectivity index (χ3n) is 4.24. The third-order valence-corrected chi connectivity index (χ3v) is 4.65. The number of rotatable bonds is 10. The number of hydrogen-bond acceptors (Lipinski definition) is 6. The lowest BCUT2D eigenvalue weighted by atomic mass is 10.1. The number of fused-ring (bicyclic) bond motifs is 1. The second-order valence-corrected chi connectivity index (χ2v) is 7.15. The van der Waals surface area contributed by atoms with Crippen LogP contribution in [0.4, 0.5) is 11.4 Å². The Balaban J connectivity index is 2.01. The largest absolute Gasteiger partial charge is 0.487 e. The molecule has 1 N–H and O–H groups in total. The number of hydrogen-bond donors (Lipinski definition) is 1. The van der Waals surface area contributed by atoms with E-state index < -0.39 is 0 Å². The predicted molar refractivity (Wildman–Crippen MR) is 122 cm³/mol. The Morgan fingerprint density at radius 1 is 0.967 bits per heavy atom. The van der Waals surface area contributed by atoms with Crippen LogP contribution in [0.15, 0.2) is 47.1 Å². The van der Waals surface area contributed by atoms with E-state index in [0.717, 1.165) is 27.8 Å². The molecule has 0 atom stereocenters. The highest BCUT2D eigenvalue weighted by Crippen LogP contribution is 2.37. The average Bonchev–Trinajstić information content (AvgIpc) is 2.74. The van der Waals surface area contributed by atoms with Crippen molar-refractivity contribution in [2.75, 3.05) is 46.0 Å². The fourth-order valence-electron chi connectivity index (χ4n) is 2.84. The van der Waals surface area contributed by atoms with Crippen molar-refractivity contribution in [3.05, 3.63) is 52.6 Å². The van der Waals surface area contributed by atoms with Crippen LogP contribution >= 0.6 is 15.9 Å². The molecule has 2 aromatic carbocycles. The van der Waals surface area contributed by atoms with Crippen LogP contribution in [0.5, 0.6) is 11.5 Å². The van der Waals surface area contributed by atoms with E-state index >= 15 is 0 Å². The number of terminal acetylenes is 1. The van der Waals surface area contributed by atoms with Crippen LogP contribution in [0, 0.1) is 12.3 Å². The molecule has 0 unspecified atom stereocenters. The Morgan fingerprint density at radius 3 is 2.33 bits per heavy atom. The fraction of sp³-hybridized carbons (Fsp3) is 0.261. The number of anilines is 2. The van der Waals surface area contributed by atoms with E-state index in [0.29, 0.717) is 42.5 Å². The number of ether oxygens (including phenoxy) is 4. The zero-order valence-corrected chi connectivity index (χ0v) is 18.5. The van der Waals surface area contributed by atoms with Gasteiger partial charge in [-0.3, -0.25) is 0 Å². The Morgan fingerprint density at radius 2 is 1.67 bits per heavy atom. The van der Waals surface area contributed by atoms with Gasteiger partial charge in [-0.15, -0.1) is 6.42 Å². The molecule has 30 heavy (non-hydrogen) atoms. The molecule has 0 amide bonds. The molecule has 3 rings (SSSR count). The van der Waals surface area contributed by atoms with E-state index in [4.69, 9.17) is 25.4 Å². The molecule has 0 aliphatic heterocycles. The molecule has 0 saturated carbocycles. The van der Waals surface area contributed by atoms with Crippen LogP contribution < -0.4 is 14.8 Å². The maximum atomic E-state index is 5.90. The first kappa shape index (κ1) is 21.9. The molecule has 0 aliphatic carbocycles. The summed E-state index contributed by atoms with van der Waals surface area (Å²) in [6.07, 6.45) is 5.53. The lowest BCUT2D eigenvalue weighted by Crippen LogP contribution is -2.09. The minimum atomic E-state index is 0.402. The summed E-state index contributed by atoms with van der Waals surface area (Å²) < 4.78 is 22.6. The second-order valence-electron chi connectivity index (χ2n) is 6.34. The minimum absolute atomic E-state index is 0.402. The van der Waals surface area contributed by atoms with Crippen LogP contribution in [0.3, 0.4) is 0 Å². The highest BCUT2D eigenvalue weighted by molar-refractivity contribution is 9.10. The third kappa shape index (κ3) is 5.63. The number of aromatic nitrogens is 1. The van der Waals surface area contributed by atoms with Gasteiger partial charge in [-0.05, 0) is 46.3 Å². The van der Waals surface area contributed by atoms with E-state index in [-0.39, 0.29) is 0 Å². The van der Waals surface area contributed by atoms with E-state index in [1.807, 2.05) is 42.5 Å². The van der Waals surface area contributed by atoms with Gasteiger partial charge in [-0.1, -0.05) is 12.0 Å². The van der Waals surface area contributed by atoms with Crippen molar-refractivity contribution in [2.24, 2.45) is 0 Å². The van der Waals surface area contributed by atoms with E-state index in [1.54, 1.807) is 14.2 Å². The molecule has 6 nitrogen and oxygen atoms in total. The molecule has 0 radical (unpaired) electrons. The van der Waals surface area contributed by atoms with Crippen molar-refractivity contribution >= 4 is 38.2 Å². The van der Waals surface area contributed by atoms with Crippen molar-refractivity contribution < 1.29 is 18.9 Å². The van der Waals surface area contributed by atoms with Gasteiger partial charge in [-0.25, -0.2) is 4.98 Å². The summed E-state index contributed by atoms with van der Waals surface area (Å²) in [6, 6.07) is 13.4. The summed E-state index contributed by atoms with van der Waals surface area (Å²) in [7, 11) is 3.26. The highest BCUT2D eigenvalue weighted by Gasteiger charge is 2.13. The van der Waals surface area contributed by atoms with Crippen LogP contribution in [0.2, 0.25) is 0 Å². The summed E-state index contributed by atoms with van der Waals surface area (Å²) in [5.74, 6) is 3.86. The van der Waals surface area contributed by atoms with Crippen molar-refractivity contribution in [3.8, 4) is 23.8 Å². The van der Waals surface area contributed by atoms with Gasteiger partial charge in [0.2, 0.25) is 0 Å². The van der Waals surface area contributed by atoms with Gasteiger partial charge in [0.1, 0.15) is 17.8 Å². The summed E-state index contributed by atoms with van der Waals surface area (Å²) in [4.78, 5) is 4.59. The molecular weight excluding hydrogens is 448 g/mol. The number of halogens is 1. The van der Waals surface area contributed by atoms with Gasteiger partial charge >= 0.3 is 0 Å². The first-order chi connectivity index (χ1) is 14.6. The van der Waals surface area contributed by atoms with Gasteiger partial charge in [0.05, 0.1) is 24.4 Å². The van der Waals surface area contributed by atoms with Crippen molar-refractivity contribution in [2.45, 2.75) is 0 Å². The number of nitrogens with one attached hydrogen (secondary N) is 1. The smallest absolute Gasteiger partial charge is 0.163 e. The average molecular weight is 471 g/mol. The van der Waals surface area contributed by atoms with Crippen molar-refractivity contribution in [3.63, 3.8) is 0 Å². The maximum Gasteiger partial charge on any atom is 0.163 e. The van der Waals surface area contributed by atoms with E-state index in [2.05, 4.69) is 32.2 Å². The predicted octanol–water partition coefficient (Wildman–Crippen LogP) is 4.77. The van der Waals surface area contributed by atoms with Gasteiger partial charge < -0.3 is 24.3 Å². The minimum Gasteiger partial charge on any atom is -0.487 e. The first-order valence-corrected chi connectivity index (χ1v) is 10.2. The number of pyridine rings is 1. The topological polar surface area (TPSA) is 61.8 Å². The Hall–Kier alpha value is -2.79. The normalized spacial score (nSPS) is 10.6. The van der Waals surface area contributed by atoms with Gasteiger partial charge in [-0.2, -0.15) is 0 Å². The fourth-order valence-corrected chi connectivity index (χ4v) is 3.26. The Labute approximate surface area is 184 Å². The van der Waals surface area contributed by atoms with Gasteiger partial charge in [0, 0.05) is 36.9 Å². The van der Waals surface area contributed by atoms with Crippen LogP contribution in [0.1, 0.15) is 5.56 Å². The highest BCUT2D eigenvalue weighted by atomic mass is 79.9. The van der Waals surface area contributed by atoms with Gasteiger partial charge in [0.15, 0.2) is 11.5 Å². The molecule has 0 spiro atoms. The van der Waals surface area contributed by atoms with Crippen LogP contribution in [0.25, 0.3) is 10.9 Å². The molecule has 1 heterocycles. The molecule has 0 bridgehead atoms. The molecule has 0 saturated heterocycles. The first-order valence-electron chi connectivity index (χ1n) is 9.36. The molecule has 1 aromatic heterocycles. The zero-order valence-electron chi connectivity index (χ0n) is 16.9. The second kappa shape index (κ2) is 10.8. The molecule has 7 heteroatoms. The number of nitrogens with zero attached hydrogens (tertiary/aromatic N) is 1. The monoisotopic (exact) mass is 470 g/mol. The van der Waals surface area contributed by atoms with E-state index in [1.165, 1.54) is 0 Å².